The van der Waals surface area contributed by atoms with Crippen LogP contribution in [0.25, 0.3) is 10.8 Å². The highest BCUT2D eigenvalue weighted by Crippen LogP contribution is 2.62. The number of ether oxygens (including phenoxy) is 3. The highest BCUT2D eigenvalue weighted by atomic mass is 16.7. The fourth-order valence-corrected chi connectivity index (χ4v) is 11.5. The first-order chi connectivity index (χ1) is 32.9. The first-order valence-corrected chi connectivity index (χ1v) is 24.8. The van der Waals surface area contributed by atoms with Gasteiger partial charge < -0.3 is 39.5 Å². The number of carbonyl (C=O) groups excluding carboxylic acids is 2. The Morgan fingerprint density at radius 3 is 2.46 bits per heavy atom. The number of benzene rings is 4. The van der Waals surface area contributed by atoms with Crippen molar-refractivity contribution >= 4 is 28.5 Å². The molecule has 356 valence electrons. The van der Waals surface area contributed by atoms with E-state index in [4.69, 9.17) is 24.2 Å². The lowest BCUT2D eigenvalue weighted by Gasteiger charge is -2.60. The Bertz CT molecular complexity index is 2360. The fraction of sp³-hybridized carbons (Fsp3) is 0.482. The van der Waals surface area contributed by atoms with Crippen LogP contribution in [0, 0.1) is 23.7 Å². The molecular formula is C56H69N3O8. The van der Waals surface area contributed by atoms with Gasteiger partial charge in [-0.3, -0.25) is 4.79 Å². The largest absolute Gasteiger partial charge is 0.459 e. The van der Waals surface area contributed by atoms with Gasteiger partial charge in [0.25, 0.3) is 0 Å². The number of allylic oxidation sites excluding steroid dienone is 1. The van der Waals surface area contributed by atoms with E-state index in [0.717, 1.165) is 83.7 Å². The molecule has 4 aromatic rings. The Morgan fingerprint density at radius 2 is 1.69 bits per heavy atom. The lowest BCUT2D eigenvalue weighted by molar-refractivity contribution is -0.258. The summed E-state index contributed by atoms with van der Waals surface area (Å²) in [7, 11) is 0. The molecule has 8 rings (SSSR count). The summed E-state index contributed by atoms with van der Waals surface area (Å²) in [4.78, 5) is 36.8. The van der Waals surface area contributed by atoms with Gasteiger partial charge in [-0.1, -0.05) is 129 Å². The lowest BCUT2D eigenvalue weighted by Crippen LogP contribution is -2.70. The van der Waals surface area contributed by atoms with Crippen LogP contribution in [0.5, 0.6) is 11.5 Å². The molecule has 67 heavy (non-hydrogen) atoms. The van der Waals surface area contributed by atoms with E-state index in [9.17, 15) is 15.0 Å². The van der Waals surface area contributed by atoms with Crippen molar-refractivity contribution in [1.82, 2.24) is 10.2 Å². The molecular weight excluding hydrogens is 843 g/mol. The summed E-state index contributed by atoms with van der Waals surface area (Å²) >= 11 is 0. The molecule has 4 aliphatic rings. The molecule has 3 aliphatic carbocycles. The third kappa shape index (κ3) is 11.0. The van der Waals surface area contributed by atoms with E-state index in [1.807, 2.05) is 66.4 Å². The summed E-state index contributed by atoms with van der Waals surface area (Å²) in [5, 5.41) is 30.1. The number of oxime groups is 1. The second-order valence-electron chi connectivity index (χ2n) is 18.8. The Morgan fingerprint density at radius 1 is 0.925 bits per heavy atom. The zero-order valence-electron chi connectivity index (χ0n) is 39.2. The summed E-state index contributed by atoms with van der Waals surface area (Å²) in [5.74, 6) is -0.572. The predicted molar refractivity (Wildman–Crippen MR) is 262 cm³/mol. The fourth-order valence-electron chi connectivity index (χ4n) is 11.5. The summed E-state index contributed by atoms with van der Waals surface area (Å²) in [5.41, 5.74) is 4.59. The average molecular weight is 912 g/mol. The second kappa shape index (κ2) is 23.0. The molecule has 11 nitrogen and oxygen atoms in total. The van der Waals surface area contributed by atoms with Crippen LogP contribution >= 0.6 is 0 Å². The van der Waals surface area contributed by atoms with E-state index in [-0.39, 0.29) is 50.1 Å². The number of unbranched alkanes of at least 4 members (excludes halogenated alkanes) is 2. The maximum absolute atomic E-state index is 15.5. The minimum absolute atomic E-state index is 0.0166. The number of aliphatic hydroxyl groups excluding tert-OH is 2. The zero-order valence-corrected chi connectivity index (χ0v) is 39.2. The van der Waals surface area contributed by atoms with Crippen LogP contribution in [-0.2, 0) is 27.5 Å². The van der Waals surface area contributed by atoms with Crippen molar-refractivity contribution in [2.75, 3.05) is 26.4 Å². The van der Waals surface area contributed by atoms with Gasteiger partial charge in [-0.2, -0.15) is 0 Å². The van der Waals surface area contributed by atoms with Gasteiger partial charge in [0.2, 0.25) is 11.7 Å². The molecule has 2 saturated carbocycles. The number of carbonyl (C=O) groups is 2. The quantitative estimate of drug-likeness (QED) is 0.0402. The number of amides is 2. The summed E-state index contributed by atoms with van der Waals surface area (Å²) in [6.45, 7) is 7.30. The normalized spacial score (nSPS) is 23.7. The van der Waals surface area contributed by atoms with Gasteiger partial charge in [0.1, 0.15) is 24.1 Å². The molecule has 2 amide bonds. The lowest BCUT2D eigenvalue weighted by atomic mass is 9.55. The van der Waals surface area contributed by atoms with E-state index in [0.29, 0.717) is 56.2 Å². The van der Waals surface area contributed by atoms with Crippen LogP contribution in [0.1, 0.15) is 113 Å². The smallest absolute Gasteiger partial charge is 0.412 e. The number of aliphatic hydroxyl groups is 2. The van der Waals surface area contributed by atoms with E-state index in [2.05, 4.69) is 48.3 Å². The number of nitrogens with zero attached hydrogens (tertiary/aromatic N) is 2. The van der Waals surface area contributed by atoms with Gasteiger partial charge in [-0.15, -0.1) is 6.58 Å². The van der Waals surface area contributed by atoms with Crippen LogP contribution in [0.15, 0.2) is 120 Å². The van der Waals surface area contributed by atoms with Crippen molar-refractivity contribution in [3.05, 3.63) is 132 Å². The summed E-state index contributed by atoms with van der Waals surface area (Å²) in [6.07, 6.45) is 14.3. The molecule has 0 spiro atoms. The van der Waals surface area contributed by atoms with Crippen molar-refractivity contribution in [2.45, 2.75) is 121 Å². The maximum atomic E-state index is 15.5. The molecule has 0 saturated heterocycles. The number of hydrogen-bond acceptors (Lipinski definition) is 9. The molecule has 1 heterocycles. The molecule has 1 aliphatic heterocycles. The minimum atomic E-state index is -1.42. The number of rotatable bonds is 22. The average Bonchev–Trinajstić information content (AvgIpc) is 3.88. The van der Waals surface area contributed by atoms with E-state index in [1.54, 1.807) is 12.1 Å². The van der Waals surface area contributed by atoms with E-state index >= 15 is 4.79 Å². The minimum Gasteiger partial charge on any atom is -0.459 e. The first-order valence-electron chi connectivity index (χ1n) is 24.8. The highest BCUT2D eigenvalue weighted by Gasteiger charge is 2.65. The van der Waals surface area contributed by atoms with Crippen LogP contribution in [0.2, 0.25) is 0 Å². The molecule has 0 radical (unpaired) electrons. The van der Waals surface area contributed by atoms with Gasteiger partial charge in [0.15, 0.2) is 0 Å². The zero-order chi connectivity index (χ0) is 46.6. The van der Waals surface area contributed by atoms with Crippen molar-refractivity contribution < 1.29 is 38.9 Å². The number of fused-ring (bicyclic) bond motifs is 3. The maximum Gasteiger partial charge on any atom is 0.412 e. The standard InChI is InChI=1S/C56H69N3O8/c1-3-33-64-56-51(59(52(62)30-27-39-17-8-9-18-39)37-43-24-16-23-41-21-10-11-25-45(41)43)36-49(58-65-38-40-19-6-5-7-20-40)47-34-42(22-12-14-31-60)46(26-13-15-32-61)53(54(47)56)48-35-44(28-29-50(48)67-56)66-55(63)57-4-2/h3,5-7,10-11,16,19-21,23-25,28-29,34-35,39,42,46,51,53-54,60-61H,1,4,8-9,12-15,17-18,22,26-27,30-33,36-38H2,2H3,(H,57,63)/t42-,46+,51-,53+,54+,56+/m0/s1. The van der Waals surface area contributed by atoms with Crippen molar-refractivity contribution in [3.63, 3.8) is 0 Å². The second-order valence-corrected chi connectivity index (χ2v) is 18.8. The molecule has 0 unspecified atom stereocenters. The third-order valence-corrected chi connectivity index (χ3v) is 14.6. The highest BCUT2D eigenvalue weighted by molar-refractivity contribution is 6.03. The molecule has 0 bridgehead atoms. The molecule has 11 heteroatoms. The molecule has 4 aromatic carbocycles. The van der Waals surface area contributed by atoms with Crippen LogP contribution in [0.3, 0.4) is 0 Å². The molecule has 2 fully saturated rings. The van der Waals surface area contributed by atoms with E-state index in [1.165, 1.54) is 12.8 Å². The van der Waals surface area contributed by atoms with Crippen molar-refractivity contribution in [1.29, 1.82) is 0 Å². The number of nitrogens with one attached hydrogen (secondary N) is 1. The topological polar surface area (TPSA) is 139 Å². The number of hydrogen-bond donors (Lipinski definition) is 3. The van der Waals surface area contributed by atoms with Crippen LogP contribution in [-0.4, -0.2) is 71.0 Å². The summed E-state index contributed by atoms with van der Waals surface area (Å²) < 4.78 is 20.7. The van der Waals surface area contributed by atoms with Gasteiger partial charge >= 0.3 is 6.09 Å². The van der Waals surface area contributed by atoms with Crippen molar-refractivity contribution in [3.8, 4) is 11.5 Å². The van der Waals surface area contributed by atoms with Gasteiger partial charge in [0, 0.05) is 50.6 Å². The molecule has 6 atom stereocenters. The van der Waals surface area contributed by atoms with Crippen LogP contribution in [0.4, 0.5) is 4.79 Å². The molecule has 0 aromatic heterocycles. The predicted octanol–water partition coefficient (Wildman–Crippen LogP) is 10.8. The third-order valence-electron chi connectivity index (χ3n) is 14.6. The van der Waals surface area contributed by atoms with Gasteiger partial charge in [-0.25, -0.2) is 4.79 Å². The monoisotopic (exact) mass is 912 g/mol. The van der Waals surface area contributed by atoms with Crippen molar-refractivity contribution in [2.24, 2.45) is 28.8 Å². The Kier molecular flexibility index (Phi) is 16.5. The Hall–Kier alpha value is -5.49. The summed E-state index contributed by atoms with van der Waals surface area (Å²) in [6, 6.07) is 29.5. The first kappa shape index (κ1) is 48.0. The van der Waals surface area contributed by atoms with Gasteiger partial charge in [-0.05, 0) is 102 Å². The Labute approximate surface area is 396 Å². The van der Waals surface area contributed by atoms with Gasteiger partial charge in [0.05, 0.1) is 18.2 Å². The van der Waals surface area contributed by atoms with Crippen LogP contribution < -0.4 is 14.8 Å². The Balaban J connectivity index is 1.34. The van der Waals surface area contributed by atoms with E-state index < -0.39 is 23.8 Å². The SMILES string of the molecule is C=CCO[C@@]12Oc3ccc(OC(=O)NCC)cc3[C@H]3[C@H](CCCCO)[C@@H](CCCCO)C=C(C(=NOCc4ccccc4)C[C@@H]1N(Cc1cccc4ccccc14)C(=O)CCC1CCCC1)[C@H]32. The molecule has 3 N–H and O–H groups in total.